The lowest BCUT2D eigenvalue weighted by atomic mass is 10.2. The second kappa shape index (κ2) is 8.99. The number of nitrogens with zero attached hydrogens (tertiary/aromatic N) is 5. The first-order valence-electron chi connectivity index (χ1n) is 9.73. The molecule has 5 heteroatoms. The zero-order valence-electron chi connectivity index (χ0n) is 16.4. The van der Waals surface area contributed by atoms with E-state index in [9.17, 15) is 0 Å². The number of hydrogen-bond acceptors (Lipinski definition) is 5. The van der Waals surface area contributed by atoms with E-state index in [1.807, 2.05) is 0 Å². The number of rotatable bonds is 7. The first-order chi connectivity index (χ1) is 12.7. The monoisotopic (exact) mass is 353 g/mol. The highest BCUT2D eigenvalue weighted by Gasteiger charge is 2.20. The van der Waals surface area contributed by atoms with E-state index in [4.69, 9.17) is 9.97 Å². The van der Waals surface area contributed by atoms with Crippen molar-refractivity contribution in [3.63, 3.8) is 0 Å². The zero-order valence-corrected chi connectivity index (χ0v) is 16.4. The predicted molar refractivity (Wildman–Crippen MR) is 109 cm³/mol. The summed E-state index contributed by atoms with van der Waals surface area (Å²) < 4.78 is 0. The molecular weight excluding hydrogens is 322 g/mol. The first kappa shape index (κ1) is 18.6. The van der Waals surface area contributed by atoms with Gasteiger partial charge in [-0.25, -0.2) is 4.98 Å². The molecule has 0 unspecified atom stereocenters. The number of benzene rings is 1. The Morgan fingerprint density at radius 1 is 1.04 bits per heavy atom. The van der Waals surface area contributed by atoms with Crippen molar-refractivity contribution in [2.45, 2.75) is 33.2 Å². The van der Waals surface area contributed by atoms with Crippen molar-refractivity contribution in [1.29, 1.82) is 0 Å². The SMILES string of the molecule is CCCCN(C)c1cc(C)nc(N2CCN(Cc3ccccc3)CC2)n1. The summed E-state index contributed by atoms with van der Waals surface area (Å²) in [6.07, 6.45) is 2.39. The number of unbranched alkanes of at least 4 members (excludes halogenated alkanes) is 1. The van der Waals surface area contributed by atoms with Crippen LogP contribution in [0.5, 0.6) is 0 Å². The standard InChI is InChI=1S/C21H31N5/c1-4-5-11-24(3)20-16-18(2)22-21(23-20)26-14-12-25(13-15-26)17-19-9-7-6-8-10-19/h6-10,16H,4-5,11-15,17H2,1-3H3. The van der Waals surface area contributed by atoms with Crippen molar-refractivity contribution >= 4 is 11.8 Å². The van der Waals surface area contributed by atoms with Gasteiger partial charge in [-0.1, -0.05) is 43.7 Å². The molecule has 5 nitrogen and oxygen atoms in total. The van der Waals surface area contributed by atoms with Crippen LogP contribution in [-0.2, 0) is 6.54 Å². The van der Waals surface area contributed by atoms with Gasteiger partial charge in [-0.05, 0) is 18.9 Å². The molecule has 1 aromatic heterocycles. The molecule has 0 saturated carbocycles. The van der Waals surface area contributed by atoms with Gasteiger partial charge >= 0.3 is 0 Å². The zero-order chi connectivity index (χ0) is 18.4. The third-order valence-corrected chi connectivity index (χ3v) is 4.97. The molecule has 140 valence electrons. The van der Waals surface area contributed by atoms with E-state index in [1.54, 1.807) is 0 Å². The van der Waals surface area contributed by atoms with Crippen molar-refractivity contribution in [2.24, 2.45) is 0 Å². The smallest absolute Gasteiger partial charge is 0.227 e. The lowest BCUT2D eigenvalue weighted by Crippen LogP contribution is -2.46. The van der Waals surface area contributed by atoms with Gasteiger partial charge < -0.3 is 9.80 Å². The summed E-state index contributed by atoms with van der Waals surface area (Å²) in [5.74, 6) is 1.91. The minimum atomic E-state index is 0.878. The fourth-order valence-corrected chi connectivity index (χ4v) is 3.33. The minimum Gasteiger partial charge on any atom is -0.360 e. The molecule has 0 N–H and O–H groups in total. The minimum absolute atomic E-state index is 0.878. The van der Waals surface area contributed by atoms with Crippen molar-refractivity contribution in [3.05, 3.63) is 47.7 Å². The molecule has 2 heterocycles. The Morgan fingerprint density at radius 3 is 2.46 bits per heavy atom. The Kier molecular flexibility index (Phi) is 6.45. The van der Waals surface area contributed by atoms with Gasteiger partial charge in [-0.3, -0.25) is 4.90 Å². The molecule has 2 aromatic rings. The number of aromatic nitrogens is 2. The van der Waals surface area contributed by atoms with Gasteiger partial charge in [0.25, 0.3) is 0 Å². The number of aryl methyl sites for hydroxylation is 1. The van der Waals surface area contributed by atoms with E-state index < -0.39 is 0 Å². The molecule has 0 aliphatic carbocycles. The van der Waals surface area contributed by atoms with Crippen molar-refractivity contribution in [3.8, 4) is 0 Å². The van der Waals surface area contributed by atoms with Gasteiger partial charge in [0.05, 0.1) is 0 Å². The highest BCUT2D eigenvalue weighted by molar-refractivity contribution is 5.45. The lowest BCUT2D eigenvalue weighted by Gasteiger charge is -2.35. The van der Waals surface area contributed by atoms with Gasteiger partial charge in [0, 0.05) is 58.1 Å². The van der Waals surface area contributed by atoms with E-state index in [1.165, 1.54) is 18.4 Å². The van der Waals surface area contributed by atoms with E-state index >= 15 is 0 Å². The number of hydrogen-bond donors (Lipinski definition) is 0. The average Bonchev–Trinajstić information content (AvgIpc) is 2.67. The maximum Gasteiger partial charge on any atom is 0.227 e. The normalized spacial score (nSPS) is 15.3. The van der Waals surface area contributed by atoms with E-state index in [0.717, 1.165) is 56.7 Å². The van der Waals surface area contributed by atoms with Crippen LogP contribution < -0.4 is 9.80 Å². The molecule has 1 fully saturated rings. The van der Waals surface area contributed by atoms with Crippen LogP contribution in [0.25, 0.3) is 0 Å². The molecule has 0 radical (unpaired) electrons. The summed E-state index contributed by atoms with van der Waals surface area (Å²) in [6.45, 7) is 10.4. The van der Waals surface area contributed by atoms with Crippen LogP contribution in [0.3, 0.4) is 0 Å². The molecule has 0 spiro atoms. The van der Waals surface area contributed by atoms with Gasteiger partial charge in [0.1, 0.15) is 5.82 Å². The molecule has 26 heavy (non-hydrogen) atoms. The Hall–Kier alpha value is -2.14. The first-order valence-corrected chi connectivity index (χ1v) is 9.73. The summed E-state index contributed by atoms with van der Waals surface area (Å²) in [7, 11) is 2.12. The van der Waals surface area contributed by atoms with Crippen LogP contribution in [0.15, 0.2) is 36.4 Å². The Morgan fingerprint density at radius 2 is 1.77 bits per heavy atom. The molecule has 0 amide bonds. The Balaban J connectivity index is 1.61. The molecule has 3 rings (SSSR count). The van der Waals surface area contributed by atoms with Crippen LogP contribution in [0, 0.1) is 6.92 Å². The lowest BCUT2D eigenvalue weighted by molar-refractivity contribution is 0.248. The largest absolute Gasteiger partial charge is 0.360 e. The predicted octanol–water partition coefficient (Wildman–Crippen LogP) is 3.34. The van der Waals surface area contributed by atoms with E-state index in [2.05, 4.69) is 72.0 Å². The third kappa shape index (κ3) is 4.94. The van der Waals surface area contributed by atoms with Gasteiger partial charge in [-0.15, -0.1) is 0 Å². The fraction of sp³-hybridized carbons (Fsp3) is 0.524. The second-order valence-electron chi connectivity index (χ2n) is 7.19. The van der Waals surface area contributed by atoms with E-state index in [0.29, 0.717) is 0 Å². The summed E-state index contributed by atoms with van der Waals surface area (Å²) in [5, 5.41) is 0. The topological polar surface area (TPSA) is 35.5 Å². The second-order valence-corrected chi connectivity index (χ2v) is 7.19. The summed E-state index contributed by atoms with van der Waals surface area (Å²) in [5.41, 5.74) is 2.42. The van der Waals surface area contributed by atoms with Gasteiger partial charge in [0.2, 0.25) is 5.95 Å². The number of anilines is 2. The molecule has 1 saturated heterocycles. The van der Waals surface area contributed by atoms with Crippen LogP contribution in [0.4, 0.5) is 11.8 Å². The maximum atomic E-state index is 4.84. The highest BCUT2D eigenvalue weighted by Crippen LogP contribution is 2.19. The summed E-state index contributed by atoms with van der Waals surface area (Å²) in [6, 6.07) is 12.8. The Bertz CT molecular complexity index is 680. The van der Waals surface area contributed by atoms with Crippen LogP contribution >= 0.6 is 0 Å². The van der Waals surface area contributed by atoms with Crippen LogP contribution in [0.2, 0.25) is 0 Å². The van der Waals surface area contributed by atoms with Crippen molar-refractivity contribution in [1.82, 2.24) is 14.9 Å². The molecule has 1 aromatic carbocycles. The highest BCUT2D eigenvalue weighted by atomic mass is 15.3. The molecule has 0 atom stereocenters. The van der Waals surface area contributed by atoms with Gasteiger partial charge in [-0.2, -0.15) is 4.98 Å². The van der Waals surface area contributed by atoms with Crippen molar-refractivity contribution < 1.29 is 0 Å². The maximum absolute atomic E-state index is 4.84. The molecule has 0 bridgehead atoms. The summed E-state index contributed by atoms with van der Waals surface area (Å²) >= 11 is 0. The molecule has 1 aliphatic rings. The molecular formula is C21H31N5. The van der Waals surface area contributed by atoms with Gasteiger partial charge in [0.15, 0.2) is 0 Å². The number of piperazine rings is 1. The summed E-state index contributed by atoms with van der Waals surface area (Å²) in [4.78, 5) is 16.6. The third-order valence-electron chi connectivity index (χ3n) is 4.97. The fourth-order valence-electron chi connectivity index (χ4n) is 3.33. The average molecular weight is 354 g/mol. The van der Waals surface area contributed by atoms with E-state index in [-0.39, 0.29) is 0 Å². The Labute approximate surface area is 157 Å². The van der Waals surface area contributed by atoms with Crippen LogP contribution in [0.1, 0.15) is 31.0 Å². The van der Waals surface area contributed by atoms with Crippen LogP contribution in [-0.4, -0.2) is 54.6 Å². The quantitative estimate of drug-likeness (QED) is 0.763. The molecule has 1 aliphatic heterocycles. The van der Waals surface area contributed by atoms with Crippen molar-refractivity contribution in [2.75, 3.05) is 49.6 Å².